The molecular formula is C22H32N4O5S. The number of hydrogen-bond acceptors (Lipinski definition) is 7. The van der Waals surface area contributed by atoms with Crippen LogP contribution in [0.25, 0.3) is 10.9 Å². The lowest BCUT2D eigenvalue weighted by molar-refractivity contribution is -0.121. The molecule has 0 aliphatic heterocycles. The van der Waals surface area contributed by atoms with Gasteiger partial charge < -0.3 is 24.7 Å². The monoisotopic (exact) mass is 464 g/mol. The first-order chi connectivity index (χ1) is 15.2. The van der Waals surface area contributed by atoms with Crippen LogP contribution in [0.1, 0.15) is 26.6 Å². The number of carbonyl (C=O) groups is 2. The molecule has 32 heavy (non-hydrogen) atoms. The Kier molecular flexibility index (Phi) is 9.98. The highest BCUT2D eigenvalue weighted by molar-refractivity contribution is 7.98. The van der Waals surface area contributed by atoms with Gasteiger partial charge >= 0.3 is 6.09 Å². The molecule has 0 saturated heterocycles. The van der Waals surface area contributed by atoms with Crippen molar-refractivity contribution in [3.05, 3.63) is 40.4 Å². The molecule has 2 aromatic rings. The van der Waals surface area contributed by atoms with E-state index >= 15 is 0 Å². The molecule has 2 N–H and O–H groups in total. The number of aryl methyl sites for hydroxylation is 1. The van der Waals surface area contributed by atoms with Crippen LogP contribution in [0.2, 0.25) is 0 Å². The molecule has 1 aromatic heterocycles. The van der Waals surface area contributed by atoms with E-state index in [-0.39, 0.29) is 18.0 Å². The quantitative estimate of drug-likeness (QED) is 0.489. The summed E-state index contributed by atoms with van der Waals surface area (Å²) in [4.78, 5) is 40.6. The summed E-state index contributed by atoms with van der Waals surface area (Å²) >= 11 is 1.66. The lowest BCUT2D eigenvalue weighted by Gasteiger charge is -2.19. The first kappa shape index (κ1) is 25.7. The molecule has 1 aromatic carbocycles. The van der Waals surface area contributed by atoms with Crippen LogP contribution in [0, 0.1) is 0 Å². The van der Waals surface area contributed by atoms with Crippen molar-refractivity contribution in [3.63, 3.8) is 0 Å². The standard InChI is InChI=1S/C22H32N4O5S/c1-22(2,3)31-21(29)24-11-13-30-12-10-23-19(27)15-26-17-8-6-5-7-16(17)20(28)25-18(26)9-14-32-4/h5-8H,9-15H2,1-4H3,(H,23,27)(H,24,29). The number of nitrogens with one attached hydrogen (secondary N) is 2. The third-order valence-corrected chi connectivity index (χ3v) is 4.89. The number of amides is 2. The van der Waals surface area contributed by atoms with E-state index in [0.717, 1.165) is 5.75 Å². The summed E-state index contributed by atoms with van der Waals surface area (Å²) in [7, 11) is 0. The second-order valence-corrected chi connectivity index (χ2v) is 9.06. The third-order valence-electron chi connectivity index (χ3n) is 4.28. The number of ether oxygens (including phenoxy) is 2. The molecular weight excluding hydrogens is 432 g/mol. The van der Waals surface area contributed by atoms with E-state index < -0.39 is 11.7 Å². The van der Waals surface area contributed by atoms with Crippen molar-refractivity contribution < 1.29 is 19.1 Å². The van der Waals surface area contributed by atoms with Gasteiger partial charge in [0.15, 0.2) is 0 Å². The van der Waals surface area contributed by atoms with Gasteiger partial charge in [0.2, 0.25) is 5.91 Å². The fourth-order valence-corrected chi connectivity index (χ4v) is 3.32. The van der Waals surface area contributed by atoms with E-state index in [1.165, 1.54) is 0 Å². The number of fused-ring (bicyclic) bond motifs is 1. The Balaban J connectivity index is 1.82. The molecule has 10 heteroatoms. The van der Waals surface area contributed by atoms with Gasteiger partial charge in [-0.05, 0) is 39.2 Å². The van der Waals surface area contributed by atoms with Gasteiger partial charge in [0.05, 0.1) is 24.1 Å². The van der Waals surface area contributed by atoms with Gasteiger partial charge in [-0.3, -0.25) is 9.59 Å². The molecule has 176 valence electrons. The van der Waals surface area contributed by atoms with Gasteiger partial charge in [0.25, 0.3) is 5.56 Å². The molecule has 0 bridgehead atoms. The number of aromatic nitrogens is 2. The number of thioether (sulfide) groups is 1. The van der Waals surface area contributed by atoms with Crippen LogP contribution < -0.4 is 16.2 Å². The summed E-state index contributed by atoms with van der Waals surface area (Å²) < 4.78 is 12.4. The molecule has 0 unspecified atom stereocenters. The summed E-state index contributed by atoms with van der Waals surface area (Å²) in [6, 6.07) is 7.17. The summed E-state index contributed by atoms with van der Waals surface area (Å²) in [6.07, 6.45) is 2.09. The predicted octanol–water partition coefficient (Wildman–Crippen LogP) is 1.96. The van der Waals surface area contributed by atoms with E-state index in [1.807, 2.05) is 18.4 Å². The van der Waals surface area contributed by atoms with Crippen molar-refractivity contribution in [2.24, 2.45) is 0 Å². The Hall–Kier alpha value is -2.59. The molecule has 1 heterocycles. The van der Waals surface area contributed by atoms with Crippen LogP contribution >= 0.6 is 11.8 Å². The van der Waals surface area contributed by atoms with Crippen LogP contribution in [-0.2, 0) is 27.2 Å². The van der Waals surface area contributed by atoms with Crippen molar-refractivity contribution in [2.75, 3.05) is 38.3 Å². The smallest absolute Gasteiger partial charge is 0.407 e. The minimum atomic E-state index is -0.544. The molecule has 0 aliphatic carbocycles. The van der Waals surface area contributed by atoms with Gasteiger partial charge in [-0.25, -0.2) is 4.79 Å². The zero-order valence-corrected chi connectivity index (χ0v) is 19.9. The van der Waals surface area contributed by atoms with Crippen molar-refractivity contribution >= 4 is 34.7 Å². The van der Waals surface area contributed by atoms with E-state index in [9.17, 15) is 14.4 Å². The average molecular weight is 465 g/mol. The van der Waals surface area contributed by atoms with Crippen molar-refractivity contribution in [1.82, 2.24) is 20.2 Å². The molecule has 0 saturated carbocycles. The summed E-state index contributed by atoms with van der Waals surface area (Å²) in [5.41, 5.74) is -0.123. The van der Waals surface area contributed by atoms with Crippen molar-refractivity contribution in [3.8, 4) is 0 Å². The first-order valence-corrected chi connectivity index (χ1v) is 11.9. The highest BCUT2D eigenvalue weighted by Gasteiger charge is 2.15. The normalized spacial score (nSPS) is 11.4. The zero-order valence-electron chi connectivity index (χ0n) is 19.1. The zero-order chi connectivity index (χ0) is 23.6. The predicted molar refractivity (Wildman–Crippen MR) is 126 cm³/mol. The maximum Gasteiger partial charge on any atom is 0.407 e. The summed E-state index contributed by atoms with van der Waals surface area (Å²) in [5.74, 6) is 1.21. The lowest BCUT2D eigenvalue weighted by atomic mass is 10.2. The van der Waals surface area contributed by atoms with Gasteiger partial charge in [-0.15, -0.1) is 0 Å². The molecule has 0 radical (unpaired) electrons. The summed E-state index contributed by atoms with van der Waals surface area (Å²) in [5, 5.41) is 5.92. The minimum absolute atomic E-state index is 0.0672. The Labute approximate surface area is 192 Å². The van der Waals surface area contributed by atoms with Crippen molar-refractivity contribution in [1.29, 1.82) is 0 Å². The van der Waals surface area contributed by atoms with Gasteiger partial charge in [0.1, 0.15) is 18.0 Å². The molecule has 9 nitrogen and oxygen atoms in total. The fraction of sp³-hybridized carbons (Fsp3) is 0.545. The Morgan fingerprint density at radius 1 is 1.12 bits per heavy atom. The molecule has 2 rings (SSSR count). The van der Waals surface area contributed by atoms with Crippen LogP contribution in [-0.4, -0.2) is 65.5 Å². The number of rotatable bonds is 11. The van der Waals surface area contributed by atoms with E-state index in [2.05, 4.69) is 15.6 Å². The molecule has 0 fully saturated rings. The largest absolute Gasteiger partial charge is 0.444 e. The minimum Gasteiger partial charge on any atom is -0.444 e. The lowest BCUT2D eigenvalue weighted by Crippen LogP contribution is -2.35. The maximum absolute atomic E-state index is 12.5. The number of nitrogens with zero attached hydrogens (tertiary/aromatic N) is 2. The number of carbonyl (C=O) groups excluding carboxylic acids is 2. The van der Waals surface area contributed by atoms with Gasteiger partial charge in [-0.1, -0.05) is 12.1 Å². The van der Waals surface area contributed by atoms with Crippen LogP contribution in [0.5, 0.6) is 0 Å². The number of alkyl carbamates (subject to hydrolysis) is 1. The maximum atomic E-state index is 12.5. The van der Waals surface area contributed by atoms with Crippen LogP contribution in [0.4, 0.5) is 4.79 Å². The topological polar surface area (TPSA) is 112 Å². The van der Waals surface area contributed by atoms with Gasteiger partial charge in [-0.2, -0.15) is 16.7 Å². The van der Waals surface area contributed by atoms with E-state index in [1.54, 1.807) is 49.2 Å². The highest BCUT2D eigenvalue weighted by Crippen LogP contribution is 2.13. The first-order valence-electron chi connectivity index (χ1n) is 10.5. The SMILES string of the molecule is CSCCc1nc(=O)c2ccccc2n1CC(=O)NCCOCCNC(=O)OC(C)(C)C. The van der Waals surface area contributed by atoms with E-state index in [4.69, 9.17) is 9.47 Å². The van der Waals surface area contributed by atoms with Crippen LogP contribution in [0.15, 0.2) is 29.1 Å². The molecule has 2 amide bonds. The second kappa shape index (κ2) is 12.4. The van der Waals surface area contributed by atoms with Gasteiger partial charge in [0, 0.05) is 25.3 Å². The number of hydrogen-bond donors (Lipinski definition) is 2. The average Bonchev–Trinajstić information content (AvgIpc) is 2.72. The Morgan fingerprint density at radius 3 is 2.50 bits per heavy atom. The molecule has 0 aliphatic rings. The highest BCUT2D eigenvalue weighted by atomic mass is 32.2. The van der Waals surface area contributed by atoms with Crippen molar-refractivity contribution in [2.45, 2.75) is 39.3 Å². The third kappa shape index (κ3) is 8.51. The molecule has 0 spiro atoms. The second-order valence-electron chi connectivity index (χ2n) is 8.07. The number of para-hydroxylation sites is 1. The summed E-state index contributed by atoms with van der Waals surface area (Å²) in [6.45, 7) is 6.72. The Bertz CT molecular complexity index is 971. The number of benzene rings is 1. The van der Waals surface area contributed by atoms with Crippen LogP contribution in [0.3, 0.4) is 0 Å². The Morgan fingerprint density at radius 2 is 1.81 bits per heavy atom. The van der Waals surface area contributed by atoms with E-state index in [0.29, 0.717) is 49.5 Å². The fourth-order valence-electron chi connectivity index (χ4n) is 2.93. The molecule has 0 atom stereocenters.